The minimum absolute atomic E-state index is 0.0637. The first kappa shape index (κ1) is 7.33. The first-order chi connectivity index (χ1) is 4.96. The molecule has 0 radical (unpaired) electrons. The quantitative estimate of drug-likeness (QED) is 0.521. The van der Waals surface area contributed by atoms with Gasteiger partial charge in [0.2, 0.25) is 0 Å². The maximum atomic E-state index is 11.7. The van der Waals surface area contributed by atoms with Crippen molar-refractivity contribution in [1.82, 2.24) is 0 Å². The molecule has 2 atom stereocenters. The molecule has 62 valence electrons. The Morgan fingerprint density at radius 3 is 2.18 bits per heavy atom. The molecule has 0 aromatic rings. The summed E-state index contributed by atoms with van der Waals surface area (Å²) in [6.07, 6.45) is 3.39. The molecule has 11 heavy (non-hydrogen) atoms. The van der Waals surface area contributed by atoms with Crippen LogP contribution in [0.15, 0.2) is 0 Å². The van der Waals surface area contributed by atoms with E-state index in [1.54, 1.807) is 0 Å². The van der Waals surface area contributed by atoms with Gasteiger partial charge in [0.05, 0.1) is 0 Å². The molecule has 2 rings (SSSR count). The van der Waals surface area contributed by atoms with Gasteiger partial charge >= 0.3 is 0 Å². The molecule has 0 aromatic carbocycles. The van der Waals surface area contributed by atoms with Crippen LogP contribution in [0.3, 0.4) is 0 Å². The van der Waals surface area contributed by atoms with E-state index in [9.17, 15) is 4.79 Å². The van der Waals surface area contributed by atoms with E-state index in [0.717, 1.165) is 19.3 Å². The number of fused-ring (bicyclic) bond motifs is 2. The molecule has 2 aliphatic carbocycles. The zero-order valence-corrected chi connectivity index (χ0v) is 7.61. The lowest BCUT2D eigenvalue weighted by Gasteiger charge is -2.30. The summed E-state index contributed by atoms with van der Waals surface area (Å²) in [6.45, 7) is 6.62. The van der Waals surface area contributed by atoms with Gasteiger partial charge < -0.3 is 0 Å². The van der Waals surface area contributed by atoms with Crippen molar-refractivity contribution in [3.05, 3.63) is 0 Å². The molecule has 2 bridgehead atoms. The molecule has 2 saturated carbocycles. The Labute approximate surface area is 68.2 Å². The van der Waals surface area contributed by atoms with Gasteiger partial charge in [-0.15, -0.1) is 0 Å². The maximum absolute atomic E-state index is 11.7. The number of ketones is 1. The first-order valence-corrected chi connectivity index (χ1v) is 4.50. The van der Waals surface area contributed by atoms with Crippen LogP contribution < -0.4 is 0 Å². The summed E-state index contributed by atoms with van der Waals surface area (Å²) in [5.74, 6) is 0.926. The fraction of sp³-hybridized carbons (Fsp3) is 0.900. The smallest absolute Gasteiger partial charge is 0.142 e. The molecule has 0 aliphatic heterocycles. The van der Waals surface area contributed by atoms with Gasteiger partial charge in [0.25, 0.3) is 0 Å². The third-order valence-electron chi connectivity index (χ3n) is 3.69. The fourth-order valence-electron chi connectivity index (χ4n) is 3.19. The molecule has 2 aliphatic rings. The lowest BCUT2D eigenvalue weighted by Crippen LogP contribution is -2.22. The van der Waals surface area contributed by atoms with Gasteiger partial charge in [-0.05, 0) is 24.7 Å². The lowest BCUT2D eigenvalue weighted by atomic mass is 9.73. The highest BCUT2D eigenvalue weighted by Crippen LogP contribution is 2.59. The molecule has 0 spiro atoms. The Bertz CT molecular complexity index is 217. The van der Waals surface area contributed by atoms with Crippen molar-refractivity contribution in [2.45, 2.75) is 40.0 Å². The highest BCUT2D eigenvalue weighted by molar-refractivity contribution is 5.91. The maximum Gasteiger partial charge on any atom is 0.142 e. The zero-order valence-electron chi connectivity index (χ0n) is 7.61. The normalized spacial score (nSPS) is 46.8. The first-order valence-electron chi connectivity index (χ1n) is 4.50. The predicted molar refractivity (Wildman–Crippen MR) is 44.2 cm³/mol. The molecule has 2 unspecified atom stereocenters. The van der Waals surface area contributed by atoms with E-state index in [-0.39, 0.29) is 5.41 Å². The minimum Gasteiger partial charge on any atom is -0.299 e. The summed E-state index contributed by atoms with van der Waals surface area (Å²) in [5.41, 5.74) is 0.359. The second-order valence-electron chi connectivity index (χ2n) is 5.18. The molecule has 1 nitrogen and oxygen atoms in total. The van der Waals surface area contributed by atoms with Gasteiger partial charge in [-0.1, -0.05) is 20.8 Å². The van der Waals surface area contributed by atoms with Crippen LogP contribution in [0, 0.1) is 16.7 Å². The van der Waals surface area contributed by atoms with E-state index in [0.29, 0.717) is 17.1 Å². The molecule has 2 fully saturated rings. The Morgan fingerprint density at radius 1 is 1.36 bits per heavy atom. The number of carbonyl (C=O) groups excluding carboxylic acids is 1. The Balaban J connectivity index is 2.40. The average molecular weight is 152 g/mol. The molecular weight excluding hydrogens is 136 g/mol. The van der Waals surface area contributed by atoms with Crippen molar-refractivity contribution in [2.24, 2.45) is 16.7 Å². The number of rotatable bonds is 0. The van der Waals surface area contributed by atoms with Crippen molar-refractivity contribution in [3.63, 3.8) is 0 Å². The summed E-state index contributed by atoms with van der Waals surface area (Å²) in [5, 5.41) is 0. The van der Waals surface area contributed by atoms with Crippen LogP contribution in [0.5, 0.6) is 0 Å². The average Bonchev–Trinajstić information content (AvgIpc) is 2.15. The number of hydrogen-bond donors (Lipinski definition) is 0. The van der Waals surface area contributed by atoms with Crippen molar-refractivity contribution in [1.29, 1.82) is 0 Å². The topological polar surface area (TPSA) is 17.1 Å². The molecule has 0 N–H and O–H groups in total. The third kappa shape index (κ3) is 0.743. The van der Waals surface area contributed by atoms with Crippen molar-refractivity contribution in [3.8, 4) is 0 Å². The predicted octanol–water partition coefficient (Wildman–Crippen LogP) is 2.40. The molecule has 0 heterocycles. The number of carbonyl (C=O) groups is 1. The monoisotopic (exact) mass is 152 g/mol. The fourth-order valence-corrected chi connectivity index (χ4v) is 3.19. The van der Waals surface area contributed by atoms with Crippen LogP contribution in [-0.2, 0) is 4.79 Å². The second-order valence-corrected chi connectivity index (χ2v) is 5.18. The van der Waals surface area contributed by atoms with Gasteiger partial charge in [0.15, 0.2) is 0 Å². The second kappa shape index (κ2) is 1.70. The van der Waals surface area contributed by atoms with Crippen molar-refractivity contribution in [2.75, 3.05) is 0 Å². The number of hydrogen-bond acceptors (Lipinski definition) is 1. The lowest BCUT2D eigenvalue weighted by molar-refractivity contribution is -0.125. The van der Waals surface area contributed by atoms with Gasteiger partial charge in [0, 0.05) is 11.3 Å². The van der Waals surface area contributed by atoms with Crippen LogP contribution in [-0.4, -0.2) is 5.78 Å². The van der Waals surface area contributed by atoms with Gasteiger partial charge in [0.1, 0.15) is 5.78 Å². The third-order valence-corrected chi connectivity index (χ3v) is 3.69. The van der Waals surface area contributed by atoms with Gasteiger partial charge in [-0.3, -0.25) is 4.79 Å². The largest absolute Gasteiger partial charge is 0.299 e. The summed E-state index contributed by atoms with van der Waals surface area (Å²) in [6, 6.07) is 0. The molecule has 1 heteroatoms. The van der Waals surface area contributed by atoms with Crippen LogP contribution in [0.25, 0.3) is 0 Å². The number of Topliss-reactive ketones (excluding diaryl/α,β-unsaturated/α-hetero) is 1. The summed E-state index contributed by atoms with van der Waals surface area (Å²) in [4.78, 5) is 11.7. The van der Waals surface area contributed by atoms with E-state index >= 15 is 0 Å². The van der Waals surface area contributed by atoms with Gasteiger partial charge in [-0.2, -0.15) is 0 Å². The standard InChI is InChI=1S/C10H16O/c1-9(2)6-10(3)5-4-7(9)8(10)11/h7H,4-6H2,1-3H3. The van der Waals surface area contributed by atoms with E-state index < -0.39 is 0 Å². The minimum atomic E-state index is 0.0637. The van der Waals surface area contributed by atoms with Crippen molar-refractivity contribution < 1.29 is 4.79 Å². The molecule has 0 aromatic heterocycles. The highest BCUT2D eigenvalue weighted by Gasteiger charge is 2.58. The summed E-state index contributed by atoms with van der Waals surface area (Å²) < 4.78 is 0. The van der Waals surface area contributed by atoms with Gasteiger partial charge in [-0.25, -0.2) is 0 Å². The van der Waals surface area contributed by atoms with Crippen LogP contribution in [0.4, 0.5) is 0 Å². The SMILES string of the molecule is CC12CCC(C1=O)C(C)(C)C2. The van der Waals surface area contributed by atoms with E-state index in [2.05, 4.69) is 20.8 Å². The van der Waals surface area contributed by atoms with Crippen LogP contribution >= 0.6 is 0 Å². The summed E-state index contributed by atoms with van der Waals surface area (Å²) >= 11 is 0. The van der Waals surface area contributed by atoms with Crippen LogP contribution in [0.2, 0.25) is 0 Å². The van der Waals surface area contributed by atoms with E-state index in [1.165, 1.54) is 0 Å². The van der Waals surface area contributed by atoms with E-state index in [1.807, 2.05) is 0 Å². The Morgan fingerprint density at radius 2 is 2.00 bits per heavy atom. The van der Waals surface area contributed by atoms with Crippen LogP contribution in [0.1, 0.15) is 40.0 Å². The highest BCUT2D eigenvalue weighted by atomic mass is 16.1. The Hall–Kier alpha value is -0.330. The Kier molecular flexibility index (Phi) is 1.13. The molecule has 0 saturated heterocycles. The zero-order chi connectivity index (χ0) is 8.28. The van der Waals surface area contributed by atoms with E-state index in [4.69, 9.17) is 0 Å². The molecular formula is C10H16O. The van der Waals surface area contributed by atoms with Crippen molar-refractivity contribution >= 4 is 5.78 Å². The molecule has 0 amide bonds. The summed E-state index contributed by atoms with van der Waals surface area (Å²) in [7, 11) is 0.